The molecule has 0 unspecified atom stereocenters. The van der Waals surface area contributed by atoms with Crippen LogP contribution in [0, 0.1) is 13.8 Å². The standard InChI is InChI=1S/C15H13Cl2N3S/c1-7-3-4-9(5-8(7)2)12-13(19-20-15(12)18)10-6-11(16)21-14(10)17/h3-6H,1-2H3,(H3,18,19,20). The number of anilines is 1. The Labute approximate surface area is 136 Å². The topological polar surface area (TPSA) is 54.7 Å². The fourth-order valence-electron chi connectivity index (χ4n) is 2.25. The molecule has 0 radical (unpaired) electrons. The summed E-state index contributed by atoms with van der Waals surface area (Å²) in [6, 6.07) is 8.03. The van der Waals surface area contributed by atoms with E-state index in [0.717, 1.165) is 22.4 Å². The highest BCUT2D eigenvalue weighted by molar-refractivity contribution is 7.20. The number of aromatic amines is 1. The molecule has 3 aromatic rings. The van der Waals surface area contributed by atoms with Crippen LogP contribution in [-0.2, 0) is 0 Å². The highest BCUT2D eigenvalue weighted by Gasteiger charge is 2.19. The Morgan fingerprint density at radius 1 is 1.14 bits per heavy atom. The zero-order valence-corrected chi connectivity index (χ0v) is 13.8. The normalized spacial score (nSPS) is 11.0. The summed E-state index contributed by atoms with van der Waals surface area (Å²) in [5.74, 6) is 0.451. The van der Waals surface area contributed by atoms with Crippen molar-refractivity contribution in [2.75, 3.05) is 5.73 Å². The van der Waals surface area contributed by atoms with Crippen molar-refractivity contribution in [3.8, 4) is 22.4 Å². The van der Waals surface area contributed by atoms with Gasteiger partial charge in [0.2, 0.25) is 0 Å². The van der Waals surface area contributed by atoms with Crippen LogP contribution in [0.1, 0.15) is 11.1 Å². The first-order valence-electron chi connectivity index (χ1n) is 6.34. The highest BCUT2D eigenvalue weighted by atomic mass is 35.5. The van der Waals surface area contributed by atoms with E-state index in [-0.39, 0.29) is 0 Å². The van der Waals surface area contributed by atoms with E-state index in [9.17, 15) is 0 Å². The fraction of sp³-hybridized carbons (Fsp3) is 0.133. The second-order valence-electron chi connectivity index (χ2n) is 4.90. The monoisotopic (exact) mass is 337 g/mol. The minimum Gasteiger partial charge on any atom is -0.382 e. The first-order chi connectivity index (χ1) is 9.97. The molecule has 3 N–H and O–H groups in total. The molecule has 0 aliphatic heterocycles. The van der Waals surface area contributed by atoms with Gasteiger partial charge in [-0.05, 0) is 36.6 Å². The van der Waals surface area contributed by atoms with Gasteiger partial charge in [-0.25, -0.2) is 0 Å². The Morgan fingerprint density at radius 3 is 2.52 bits per heavy atom. The summed E-state index contributed by atoms with van der Waals surface area (Å²) in [5.41, 5.74) is 12.0. The number of aromatic nitrogens is 2. The number of rotatable bonds is 2. The number of hydrogen-bond acceptors (Lipinski definition) is 3. The van der Waals surface area contributed by atoms with Crippen molar-refractivity contribution in [1.29, 1.82) is 0 Å². The lowest BCUT2D eigenvalue weighted by molar-refractivity contribution is 1.10. The van der Waals surface area contributed by atoms with Gasteiger partial charge in [0.25, 0.3) is 0 Å². The molecule has 21 heavy (non-hydrogen) atoms. The van der Waals surface area contributed by atoms with Gasteiger partial charge in [-0.3, -0.25) is 5.10 Å². The van der Waals surface area contributed by atoms with Gasteiger partial charge in [0.15, 0.2) is 5.82 Å². The molecule has 3 rings (SSSR count). The van der Waals surface area contributed by atoms with Crippen molar-refractivity contribution in [3.05, 3.63) is 44.1 Å². The van der Waals surface area contributed by atoms with E-state index in [1.807, 2.05) is 12.1 Å². The molecule has 6 heteroatoms. The van der Waals surface area contributed by atoms with Crippen molar-refractivity contribution in [1.82, 2.24) is 10.2 Å². The van der Waals surface area contributed by atoms with E-state index in [1.165, 1.54) is 22.5 Å². The molecule has 2 heterocycles. The second-order valence-corrected chi connectivity index (χ2v) is 7.18. The minimum atomic E-state index is 0.451. The van der Waals surface area contributed by atoms with E-state index in [0.29, 0.717) is 14.5 Å². The van der Waals surface area contributed by atoms with Crippen LogP contribution in [0.5, 0.6) is 0 Å². The van der Waals surface area contributed by atoms with E-state index < -0.39 is 0 Å². The number of aryl methyl sites for hydroxylation is 2. The molecule has 0 saturated carbocycles. The molecule has 0 aliphatic rings. The molecule has 0 saturated heterocycles. The third kappa shape index (κ3) is 2.55. The van der Waals surface area contributed by atoms with Gasteiger partial charge in [0.1, 0.15) is 4.34 Å². The predicted molar refractivity (Wildman–Crippen MR) is 91.2 cm³/mol. The lowest BCUT2D eigenvalue weighted by Crippen LogP contribution is -1.90. The quantitative estimate of drug-likeness (QED) is 0.665. The summed E-state index contributed by atoms with van der Waals surface area (Å²) in [6.45, 7) is 4.15. The molecule has 2 aromatic heterocycles. The van der Waals surface area contributed by atoms with Crippen molar-refractivity contribution in [2.45, 2.75) is 13.8 Å². The van der Waals surface area contributed by atoms with Gasteiger partial charge in [0.05, 0.1) is 15.6 Å². The Hall–Kier alpha value is -1.49. The lowest BCUT2D eigenvalue weighted by atomic mass is 9.98. The van der Waals surface area contributed by atoms with Crippen LogP contribution in [0.15, 0.2) is 24.3 Å². The SMILES string of the molecule is Cc1ccc(-c2c(N)n[nH]c2-c2cc(Cl)sc2Cl)cc1C. The molecule has 1 aromatic carbocycles. The highest BCUT2D eigenvalue weighted by Crippen LogP contribution is 2.43. The van der Waals surface area contributed by atoms with Crippen LogP contribution < -0.4 is 5.73 Å². The van der Waals surface area contributed by atoms with Gasteiger partial charge in [-0.15, -0.1) is 11.3 Å². The Kier molecular flexibility index (Phi) is 3.69. The molecular weight excluding hydrogens is 325 g/mol. The molecule has 0 fully saturated rings. The average Bonchev–Trinajstić information content (AvgIpc) is 2.95. The van der Waals surface area contributed by atoms with Crippen LogP contribution in [0.4, 0.5) is 5.82 Å². The number of nitrogens with one attached hydrogen (secondary N) is 1. The largest absolute Gasteiger partial charge is 0.382 e. The van der Waals surface area contributed by atoms with Crippen LogP contribution >= 0.6 is 34.5 Å². The maximum atomic E-state index is 6.25. The van der Waals surface area contributed by atoms with E-state index in [4.69, 9.17) is 28.9 Å². The van der Waals surface area contributed by atoms with Gasteiger partial charge in [0, 0.05) is 5.56 Å². The number of H-pyrrole nitrogens is 1. The average molecular weight is 338 g/mol. The minimum absolute atomic E-state index is 0.451. The van der Waals surface area contributed by atoms with E-state index in [1.54, 1.807) is 0 Å². The van der Waals surface area contributed by atoms with Crippen molar-refractivity contribution in [3.63, 3.8) is 0 Å². The number of benzene rings is 1. The zero-order chi connectivity index (χ0) is 15.1. The summed E-state index contributed by atoms with van der Waals surface area (Å²) in [7, 11) is 0. The maximum Gasteiger partial charge on any atom is 0.153 e. The van der Waals surface area contributed by atoms with Crippen molar-refractivity contribution < 1.29 is 0 Å². The molecule has 108 valence electrons. The number of halogens is 2. The number of nitrogen functional groups attached to an aromatic ring is 1. The molecule has 0 atom stereocenters. The molecule has 0 bridgehead atoms. The summed E-state index contributed by atoms with van der Waals surface area (Å²) in [5, 5.41) is 7.09. The van der Waals surface area contributed by atoms with Gasteiger partial charge >= 0.3 is 0 Å². The fourth-order valence-corrected chi connectivity index (χ4v) is 3.73. The van der Waals surface area contributed by atoms with E-state index in [2.05, 4.69) is 36.2 Å². The molecule has 0 spiro atoms. The lowest BCUT2D eigenvalue weighted by Gasteiger charge is -2.07. The summed E-state index contributed by atoms with van der Waals surface area (Å²) < 4.78 is 1.25. The first-order valence-corrected chi connectivity index (χ1v) is 7.91. The van der Waals surface area contributed by atoms with Crippen molar-refractivity contribution in [2.24, 2.45) is 0 Å². The maximum absolute atomic E-state index is 6.25. The van der Waals surface area contributed by atoms with Gasteiger partial charge in [-0.2, -0.15) is 5.10 Å². The molecule has 0 aliphatic carbocycles. The van der Waals surface area contributed by atoms with Gasteiger partial charge < -0.3 is 5.73 Å². The summed E-state index contributed by atoms with van der Waals surface area (Å²) >= 11 is 13.6. The zero-order valence-electron chi connectivity index (χ0n) is 11.5. The second kappa shape index (κ2) is 5.37. The number of nitrogens with zero attached hydrogens (tertiary/aromatic N) is 1. The van der Waals surface area contributed by atoms with Crippen LogP contribution in [0.3, 0.4) is 0 Å². The third-order valence-electron chi connectivity index (χ3n) is 3.52. The van der Waals surface area contributed by atoms with Crippen LogP contribution in [0.2, 0.25) is 8.67 Å². The number of nitrogens with two attached hydrogens (primary N) is 1. The number of hydrogen-bond donors (Lipinski definition) is 2. The summed E-state index contributed by atoms with van der Waals surface area (Å²) in [6.07, 6.45) is 0. The Morgan fingerprint density at radius 2 is 1.90 bits per heavy atom. The molecule has 0 amide bonds. The molecular formula is C15H13Cl2N3S. The predicted octanol–water partition coefficient (Wildman–Crippen LogP) is 5.31. The van der Waals surface area contributed by atoms with Gasteiger partial charge in [-0.1, -0.05) is 41.4 Å². The van der Waals surface area contributed by atoms with Crippen LogP contribution in [-0.4, -0.2) is 10.2 Å². The van der Waals surface area contributed by atoms with Crippen LogP contribution in [0.25, 0.3) is 22.4 Å². The third-order valence-corrected chi connectivity index (χ3v) is 5.00. The van der Waals surface area contributed by atoms with Crippen molar-refractivity contribution >= 4 is 40.4 Å². The smallest absolute Gasteiger partial charge is 0.153 e. The first kappa shape index (κ1) is 14.4. The van der Waals surface area contributed by atoms with E-state index >= 15 is 0 Å². The Bertz CT molecular complexity index is 820. The molecule has 3 nitrogen and oxygen atoms in total. The summed E-state index contributed by atoms with van der Waals surface area (Å²) in [4.78, 5) is 0. The Balaban J connectivity index is 2.21. The number of thiophene rings is 1.